The van der Waals surface area contributed by atoms with Crippen LogP contribution in [0.1, 0.15) is 83.6 Å². The van der Waals surface area contributed by atoms with Crippen LogP contribution in [0.2, 0.25) is 0 Å². The number of carboxylic acids is 1. The van der Waals surface area contributed by atoms with E-state index in [9.17, 15) is 29.1 Å². The first-order chi connectivity index (χ1) is 24.4. The summed E-state index contributed by atoms with van der Waals surface area (Å²) < 4.78 is 5.27. The van der Waals surface area contributed by atoms with Gasteiger partial charge in [0.15, 0.2) is 12.4 Å². The second-order valence-electron chi connectivity index (χ2n) is 14.9. The van der Waals surface area contributed by atoms with Gasteiger partial charge >= 0.3 is 11.9 Å². The quantitative estimate of drug-likeness (QED) is 0.161. The molecule has 2 amide bonds. The van der Waals surface area contributed by atoms with Crippen molar-refractivity contribution < 1.29 is 38.7 Å². The van der Waals surface area contributed by atoms with Crippen molar-refractivity contribution in [3.05, 3.63) is 35.9 Å². The van der Waals surface area contributed by atoms with Gasteiger partial charge in [0.1, 0.15) is 6.04 Å². The summed E-state index contributed by atoms with van der Waals surface area (Å²) in [6.07, 6.45) is 6.70. The van der Waals surface area contributed by atoms with E-state index >= 15 is 0 Å². The molecule has 5 rings (SSSR count). The lowest BCUT2D eigenvalue weighted by Gasteiger charge is -2.41. The summed E-state index contributed by atoms with van der Waals surface area (Å²) in [5.41, 5.74) is -0.438. The number of nitrogens with zero attached hydrogens (tertiary/aromatic N) is 1. The summed E-state index contributed by atoms with van der Waals surface area (Å²) in [7, 11) is 0. The number of nitrogens with one attached hydrogen (secondary N) is 3. The van der Waals surface area contributed by atoms with Crippen LogP contribution in [0.15, 0.2) is 35.5 Å². The fourth-order valence-corrected chi connectivity index (χ4v) is 9.04. The number of hydrogen-bond acceptors (Lipinski definition) is 9. The smallest absolute Gasteiger partial charge is 0.312 e. The highest BCUT2D eigenvalue weighted by Crippen LogP contribution is 2.38. The van der Waals surface area contributed by atoms with E-state index in [-0.39, 0.29) is 36.6 Å². The third kappa shape index (κ3) is 9.61. The number of ketones is 1. The summed E-state index contributed by atoms with van der Waals surface area (Å²) in [5, 5.41) is 22.1. The predicted molar refractivity (Wildman–Crippen MR) is 191 cm³/mol. The van der Waals surface area contributed by atoms with Gasteiger partial charge in [-0.25, -0.2) is 0 Å². The van der Waals surface area contributed by atoms with Crippen LogP contribution in [-0.2, 0) is 40.0 Å². The highest BCUT2D eigenvalue weighted by Gasteiger charge is 2.50. The van der Waals surface area contributed by atoms with E-state index in [2.05, 4.69) is 21.1 Å². The monoisotopic (exact) mass is 748 g/mol. The van der Waals surface area contributed by atoms with Gasteiger partial charge in [-0.2, -0.15) is 0 Å². The third-order valence-electron chi connectivity index (χ3n) is 10.9. The van der Waals surface area contributed by atoms with Crippen LogP contribution in [0.3, 0.4) is 0 Å². The Hall–Kier alpha value is -3.22. The summed E-state index contributed by atoms with van der Waals surface area (Å²) in [5.74, 6) is -3.87. The number of halogens is 2. The lowest BCUT2D eigenvalue weighted by atomic mass is 9.71. The lowest BCUT2D eigenvalue weighted by molar-refractivity contribution is -0.154. The van der Waals surface area contributed by atoms with Crippen molar-refractivity contribution in [2.45, 2.75) is 119 Å². The second kappa shape index (κ2) is 17.5. The van der Waals surface area contributed by atoms with E-state index in [0.29, 0.717) is 24.5 Å². The van der Waals surface area contributed by atoms with Gasteiger partial charge in [-0.05, 0) is 55.5 Å². The molecule has 0 aromatic heterocycles. The van der Waals surface area contributed by atoms with Crippen molar-refractivity contribution in [2.24, 2.45) is 28.8 Å². The summed E-state index contributed by atoms with van der Waals surface area (Å²) in [6.45, 7) is 3.93. The highest BCUT2D eigenvalue weighted by molar-refractivity contribution is 6.26. The van der Waals surface area contributed by atoms with Gasteiger partial charge in [-0.15, -0.1) is 23.2 Å². The molecule has 4 N–H and O–H groups in total. The van der Waals surface area contributed by atoms with Gasteiger partial charge in [0.2, 0.25) is 11.5 Å². The molecular formula is C37H50Cl2N4O8. The average molecular weight is 750 g/mol. The highest BCUT2D eigenvalue weighted by atomic mass is 35.5. The Labute approximate surface area is 309 Å². The number of ether oxygens (including phenoxy) is 1. The molecule has 0 bridgehead atoms. The Morgan fingerprint density at radius 2 is 1.71 bits per heavy atom. The minimum Gasteiger partial charge on any atom is -0.481 e. The third-order valence-corrected chi connectivity index (χ3v) is 11.9. The number of oxime groups is 1. The minimum atomic E-state index is -1.65. The number of amides is 2. The molecule has 1 aromatic rings. The summed E-state index contributed by atoms with van der Waals surface area (Å²) >= 11 is 12.7. The lowest BCUT2D eigenvalue weighted by Crippen LogP contribution is -2.59. The Morgan fingerprint density at radius 1 is 1.00 bits per heavy atom. The molecule has 0 radical (unpaired) electrons. The van der Waals surface area contributed by atoms with Gasteiger partial charge in [0.25, 0.3) is 5.91 Å². The van der Waals surface area contributed by atoms with E-state index < -0.39 is 71.0 Å². The Balaban J connectivity index is 1.31. The van der Waals surface area contributed by atoms with Crippen LogP contribution in [0.25, 0.3) is 0 Å². The Morgan fingerprint density at radius 3 is 2.39 bits per heavy atom. The van der Waals surface area contributed by atoms with Crippen LogP contribution in [0.4, 0.5) is 0 Å². The number of esters is 1. The predicted octanol–water partition coefficient (Wildman–Crippen LogP) is 4.14. The number of aliphatic carboxylic acids is 1. The van der Waals surface area contributed by atoms with E-state index in [1.807, 2.05) is 44.2 Å². The first kappa shape index (κ1) is 39.0. The van der Waals surface area contributed by atoms with Crippen LogP contribution < -0.4 is 16.0 Å². The molecule has 6 unspecified atom stereocenters. The van der Waals surface area contributed by atoms with Crippen LogP contribution in [0.5, 0.6) is 0 Å². The molecule has 12 nitrogen and oxygen atoms in total. The maximum absolute atomic E-state index is 14.2. The van der Waals surface area contributed by atoms with E-state index in [0.717, 1.165) is 44.2 Å². The van der Waals surface area contributed by atoms with E-state index in [1.165, 1.54) is 6.42 Å². The molecule has 14 heteroatoms. The second-order valence-corrected chi connectivity index (χ2v) is 16.0. The fraction of sp³-hybridized carbons (Fsp3) is 0.676. The zero-order valence-corrected chi connectivity index (χ0v) is 30.8. The molecule has 51 heavy (non-hydrogen) atoms. The van der Waals surface area contributed by atoms with Gasteiger partial charge in [0.05, 0.1) is 30.1 Å². The van der Waals surface area contributed by atoms with Gasteiger partial charge in [0, 0.05) is 23.6 Å². The molecule has 4 aliphatic rings. The van der Waals surface area contributed by atoms with Crippen molar-refractivity contribution in [3.63, 3.8) is 0 Å². The van der Waals surface area contributed by atoms with Crippen LogP contribution in [-0.4, -0.2) is 88.0 Å². The fourth-order valence-electron chi connectivity index (χ4n) is 8.10. The minimum absolute atomic E-state index is 0.0140. The van der Waals surface area contributed by atoms with E-state index in [4.69, 9.17) is 32.8 Å². The SMILES string of the molecule is CC(C)[C@H](NC(=O)C1NCCC2CCCCC21)C1=NOC(Cc2ccccc2)(C(=O)N[C@@H](CC(=O)O)C(=O)COC(=O)C2C(Cl)CCCC2Cl)C1. The molecule has 2 aliphatic carbocycles. The Kier molecular flexibility index (Phi) is 13.4. The van der Waals surface area contributed by atoms with Gasteiger partial charge in [-0.1, -0.05) is 75.0 Å². The molecule has 2 saturated carbocycles. The molecule has 8 atom stereocenters. The average Bonchev–Trinajstić information content (AvgIpc) is 3.53. The molecular weight excluding hydrogens is 699 g/mol. The number of Topliss-reactive ketones (excluding diaryl/α,β-unsaturated/α-hetero) is 1. The van der Waals surface area contributed by atoms with Crippen molar-refractivity contribution in [1.82, 2.24) is 16.0 Å². The molecule has 1 saturated heterocycles. The number of rotatable bonds is 14. The number of hydrogen-bond donors (Lipinski definition) is 4. The number of alkyl halides is 2. The number of piperidine rings is 1. The first-order valence-corrected chi connectivity index (χ1v) is 19.1. The van der Waals surface area contributed by atoms with Crippen molar-refractivity contribution in [3.8, 4) is 0 Å². The summed E-state index contributed by atoms with van der Waals surface area (Å²) in [6, 6.07) is 6.74. The number of carbonyl (C=O) groups excluding carboxylic acids is 4. The molecule has 2 aliphatic heterocycles. The van der Waals surface area contributed by atoms with Crippen molar-refractivity contribution in [2.75, 3.05) is 13.2 Å². The molecule has 3 fully saturated rings. The molecule has 0 spiro atoms. The van der Waals surface area contributed by atoms with E-state index in [1.54, 1.807) is 0 Å². The number of benzene rings is 1. The maximum atomic E-state index is 14.2. The number of carboxylic acid groups (broad SMARTS) is 1. The zero-order chi connectivity index (χ0) is 36.7. The molecule has 2 heterocycles. The number of fused-ring (bicyclic) bond motifs is 1. The number of carbonyl (C=O) groups is 5. The molecule has 1 aromatic carbocycles. The standard InChI is InChI=1S/C37H50Cl2N4O8/c1-21(2)32(42-34(47)33-24-12-7-6-11-23(24)15-16-40-33)28-19-37(51-43-28,18-22-9-4-3-5-10-22)36(49)41-27(17-30(45)46)29(44)20-50-35(48)31-25(38)13-8-14-26(31)39/h3-5,9-10,21,23-27,31-33,40H,6-8,11-20H2,1-2H3,(H,41,49)(H,42,47)(H,45,46)/t23?,24?,25?,26?,27-,31?,32-,33?,37?/m0/s1. The maximum Gasteiger partial charge on any atom is 0.312 e. The zero-order valence-electron chi connectivity index (χ0n) is 29.3. The first-order valence-electron chi connectivity index (χ1n) is 18.2. The van der Waals surface area contributed by atoms with Crippen molar-refractivity contribution in [1.29, 1.82) is 0 Å². The van der Waals surface area contributed by atoms with Gasteiger partial charge in [-0.3, -0.25) is 24.0 Å². The van der Waals surface area contributed by atoms with Crippen molar-refractivity contribution >= 4 is 58.4 Å². The van der Waals surface area contributed by atoms with Gasteiger partial charge < -0.3 is 30.6 Å². The normalized spacial score (nSPS) is 30.2. The Bertz CT molecular complexity index is 1450. The van der Waals surface area contributed by atoms with Crippen LogP contribution >= 0.6 is 23.2 Å². The topological polar surface area (TPSA) is 172 Å². The molecule has 280 valence electrons. The summed E-state index contributed by atoms with van der Waals surface area (Å²) in [4.78, 5) is 72.0. The van der Waals surface area contributed by atoms with Crippen LogP contribution in [0, 0.1) is 23.7 Å². The largest absolute Gasteiger partial charge is 0.481 e.